The fourth-order valence-corrected chi connectivity index (χ4v) is 1.57. The molecule has 6 heteroatoms. The van der Waals surface area contributed by atoms with Gasteiger partial charge in [0.15, 0.2) is 5.82 Å². The van der Waals surface area contributed by atoms with Crippen LogP contribution in [-0.4, -0.2) is 16.1 Å². The highest BCUT2D eigenvalue weighted by Crippen LogP contribution is 2.17. The molecule has 0 aliphatic carbocycles. The molecular formula is C11H7BrFN3O. The van der Waals surface area contributed by atoms with Crippen molar-refractivity contribution in [3.05, 3.63) is 52.4 Å². The lowest BCUT2D eigenvalue weighted by atomic mass is 10.2. The summed E-state index contributed by atoms with van der Waals surface area (Å²) in [4.78, 5) is 11.8. The number of amides is 1. The van der Waals surface area contributed by atoms with Crippen molar-refractivity contribution in [3.8, 4) is 0 Å². The maximum atomic E-state index is 13.0. The van der Waals surface area contributed by atoms with Gasteiger partial charge in [-0.1, -0.05) is 0 Å². The van der Waals surface area contributed by atoms with Gasteiger partial charge >= 0.3 is 0 Å². The second-order valence-corrected chi connectivity index (χ2v) is 4.05. The van der Waals surface area contributed by atoms with Crippen LogP contribution in [0.3, 0.4) is 0 Å². The van der Waals surface area contributed by atoms with E-state index in [0.717, 1.165) is 0 Å². The van der Waals surface area contributed by atoms with Crippen molar-refractivity contribution >= 4 is 27.7 Å². The zero-order valence-corrected chi connectivity index (χ0v) is 10.1. The number of benzene rings is 1. The van der Waals surface area contributed by atoms with E-state index in [4.69, 9.17) is 0 Å². The van der Waals surface area contributed by atoms with Gasteiger partial charge in [0.25, 0.3) is 5.91 Å². The van der Waals surface area contributed by atoms with Crippen molar-refractivity contribution in [2.45, 2.75) is 0 Å². The quantitative estimate of drug-likeness (QED) is 0.927. The molecule has 0 aliphatic rings. The number of hydrogen-bond donors (Lipinski definition) is 1. The third-order valence-corrected chi connectivity index (χ3v) is 2.60. The van der Waals surface area contributed by atoms with E-state index in [9.17, 15) is 9.18 Å². The monoisotopic (exact) mass is 295 g/mol. The Bertz CT molecular complexity index is 548. The van der Waals surface area contributed by atoms with Gasteiger partial charge in [-0.05, 0) is 46.3 Å². The molecule has 0 spiro atoms. The largest absolute Gasteiger partial charge is 0.305 e. The third kappa shape index (κ3) is 2.85. The van der Waals surface area contributed by atoms with Crippen LogP contribution in [0.5, 0.6) is 0 Å². The van der Waals surface area contributed by atoms with Crippen molar-refractivity contribution < 1.29 is 9.18 Å². The molecule has 0 saturated heterocycles. The van der Waals surface area contributed by atoms with Crippen LogP contribution in [0.25, 0.3) is 0 Å². The summed E-state index contributed by atoms with van der Waals surface area (Å²) in [5, 5.41) is 9.89. The lowest BCUT2D eigenvalue weighted by Gasteiger charge is -2.04. The summed E-state index contributed by atoms with van der Waals surface area (Å²) >= 11 is 3.02. The summed E-state index contributed by atoms with van der Waals surface area (Å²) in [6, 6.07) is 7.29. The van der Waals surface area contributed by atoms with Crippen LogP contribution in [0.15, 0.2) is 41.0 Å². The Morgan fingerprint density at radius 2 is 2.18 bits per heavy atom. The lowest BCUT2D eigenvalue weighted by molar-refractivity contribution is 0.102. The van der Waals surface area contributed by atoms with Crippen LogP contribution >= 0.6 is 15.9 Å². The predicted molar refractivity (Wildman–Crippen MR) is 64.1 cm³/mol. The van der Waals surface area contributed by atoms with Crippen LogP contribution in [0.1, 0.15) is 10.4 Å². The third-order valence-electron chi connectivity index (χ3n) is 2.00. The van der Waals surface area contributed by atoms with E-state index in [-0.39, 0.29) is 10.4 Å². The van der Waals surface area contributed by atoms with Crippen molar-refractivity contribution in [2.24, 2.45) is 0 Å². The molecule has 1 aromatic carbocycles. The van der Waals surface area contributed by atoms with Crippen LogP contribution in [-0.2, 0) is 0 Å². The minimum atomic E-state index is -0.416. The number of nitrogens with one attached hydrogen (secondary N) is 1. The molecule has 1 aromatic heterocycles. The molecule has 1 N–H and O–H groups in total. The van der Waals surface area contributed by atoms with Gasteiger partial charge in [-0.2, -0.15) is 5.10 Å². The summed E-state index contributed by atoms with van der Waals surface area (Å²) in [6.07, 6.45) is 1.50. The van der Waals surface area contributed by atoms with Gasteiger partial charge in [0.2, 0.25) is 0 Å². The van der Waals surface area contributed by atoms with Gasteiger partial charge in [0.1, 0.15) is 5.82 Å². The second kappa shape index (κ2) is 5.01. The van der Waals surface area contributed by atoms with Crippen LogP contribution in [0.4, 0.5) is 10.2 Å². The Hall–Kier alpha value is -1.82. The van der Waals surface area contributed by atoms with Crippen LogP contribution in [0, 0.1) is 5.82 Å². The maximum absolute atomic E-state index is 13.0. The Morgan fingerprint density at radius 3 is 2.82 bits per heavy atom. The molecule has 0 saturated carbocycles. The molecule has 1 heterocycles. The SMILES string of the molecule is O=C(Nc1cccnn1)c1ccc(F)c(Br)c1. The normalized spacial score (nSPS) is 10.0. The first kappa shape index (κ1) is 11.7. The molecule has 17 heavy (non-hydrogen) atoms. The number of rotatable bonds is 2. The Kier molecular flexibility index (Phi) is 3.43. The molecule has 86 valence electrons. The van der Waals surface area contributed by atoms with Crippen LogP contribution in [0.2, 0.25) is 0 Å². The molecule has 1 amide bonds. The fraction of sp³-hybridized carbons (Fsp3) is 0. The Labute approximate surface area is 105 Å². The summed E-state index contributed by atoms with van der Waals surface area (Å²) in [7, 11) is 0. The molecule has 2 rings (SSSR count). The van der Waals surface area contributed by atoms with E-state index in [1.165, 1.54) is 24.4 Å². The molecule has 0 atom stereocenters. The zero-order chi connectivity index (χ0) is 12.3. The highest BCUT2D eigenvalue weighted by atomic mass is 79.9. The van der Waals surface area contributed by atoms with Gasteiger partial charge in [0, 0.05) is 11.8 Å². The number of carbonyl (C=O) groups is 1. The molecule has 0 radical (unpaired) electrons. The van der Waals surface area contributed by atoms with E-state index in [1.54, 1.807) is 12.1 Å². The fourth-order valence-electron chi connectivity index (χ4n) is 1.19. The average Bonchev–Trinajstić information content (AvgIpc) is 2.34. The smallest absolute Gasteiger partial charge is 0.256 e. The Morgan fingerprint density at radius 1 is 1.35 bits per heavy atom. The van der Waals surface area contributed by atoms with E-state index < -0.39 is 5.82 Å². The number of nitrogens with zero attached hydrogens (tertiary/aromatic N) is 2. The molecule has 0 aliphatic heterocycles. The average molecular weight is 296 g/mol. The van der Waals surface area contributed by atoms with Gasteiger partial charge in [-0.3, -0.25) is 4.79 Å². The van der Waals surface area contributed by atoms with Crippen molar-refractivity contribution in [1.82, 2.24) is 10.2 Å². The first-order valence-corrected chi connectivity index (χ1v) is 5.50. The molecule has 0 fully saturated rings. The molecule has 4 nitrogen and oxygen atoms in total. The highest BCUT2D eigenvalue weighted by molar-refractivity contribution is 9.10. The van der Waals surface area contributed by atoms with Gasteiger partial charge in [0.05, 0.1) is 4.47 Å². The standard InChI is InChI=1S/C11H7BrFN3O/c12-8-6-7(3-4-9(8)13)11(17)15-10-2-1-5-14-16-10/h1-6H,(H,15,16,17). The molecular weight excluding hydrogens is 289 g/mol. The van der Waals surface area contributed by atoms with Gasteiger partial charge in [-0.15, -0.1) is 5.10 Å². The number of halogens is 2. The lowest BCUT2D eigenvalue weighted by Crippen LogP contribution is -2.13. The van der Waals surface area contributed by atoms with E-state index in [2.05, 4.69) is 31.4 Å². The van der Waals surface area contributed by atoms with E-state index >= 15 is 0 Å². The Balaban J connectivity index is 2.18. The van der Waals surface area contributed by atoms with Crippen molar-refractivity contribution in [3.63, 3.8) is 0 Å². The minimum absolute atomic E-state index is 0.240. The number of carbonyl (C=O) groups excluding carboxylic acids is 1. The van der Waals surface area contributed by atoms with Gasteiger partial charge < -0.3 is 5.32 Å². The second-order valence-electron chi connectivity index (χ2n) is 3.19. The maximum Gasteiger partial charge on any atom is 0.256 e. The van der Waals surface area contributed by atoms with E-state index in [1.807, 2.05) is 0 Å². The zero-order valence-electron chi connectivity index (χ0n) is 8.52. The first-order valence-electron chi connectivity index (χ1n) is 4.71. The molecule has 2 aromatic rings. The summed E-state index contributed by atoms with van der Waals surface area (Å²) in [5.74, 6) is -0.440. The molecule has 0 unspecified atom stereocenters. The van der Waals surface area contributed by atoms with Crippen molar-refractivity contribution in [1.29, 1.82) is 0 Å². The summed E-state index contributed by atoms with van der Waals surface area (Å²) in [5.41, 5.74) is 0.337. The van der Waals surface area contributed by atoms with Crippen molar-refractivity contribution in [2.75, 3.05) is 5.32 Å². The summed E-state index contributed by atoms with van der Waals surface area (Å²) in [6.45, 7) is 0. The predicted octanol–water partition coefficient (Wildman–Crippen LogP) is 2.63. The first-order chi connectivity index (χ1) is 8.16. The number of aromatic nitrogens is 2. The number of anilines is 1. The minimum Gasteiger partial charge on any atom is -0.305 e. The topological polar surface area (TPSA) is 54.9 Å². The van der Waals surface area contributed by atoms with Crippen LogP contribution < -0.4 is 5.32 Å². The molecule has 0 bridgehead atoms. The summed E-state index contributed by atoms with van der Waals surface area (Å²) < 4.78 is 13.2. The van der Waals surface area contributed by atoms with E-state index in [0.29, 0.717) is 11.4 Å². The number of hydrogen-bond acceptors (Lipinski definition) is 3. The highest BCUT2D eigenvalue weighted by Gasteiger charge is 2.09. The van der Waals surface area contributed by atoms with Gasteiger partial charge in [-0.25, -0.2) is 4.39 Å².